The number of aryl methyl sites for hydroxylation is 2. The van der Waals surface area contributed by atoms with E-state index in [2.05, 4.69) is 38.8 Å². The molecule has 25 heavy (non-hydrogen) atoms. The minimum absolute atomic E-state index is 0. The van der Waals surface area contributed by atoms with Crippen molar-refractivity contribution in [1.29, 1.82) is 0 Å². The summed E-state index contributed by atoms with van der Waals surface area (Å²) in [6.07, 6.45) is 0.842. The molecule has 0 aliphatic rings. The Morgan fingerprint density at radius 2 is 2.08 bits per heavy atom. The van der Waals surface area contributed by atoms with Gasteiger partial charge in [0.2, 0.25) is 5.89 Å². The fraction of sp³-hybridized carbons (Fsp3) is 0.471. The molecule has 0 bridgehead atoms. The molecule has 0 radical (unpaired) electrons. The first-order valence-corrected chi connectivity index (χ1v) is 8.07. The summed E-state index contributed by atoms with van der Waals surface area (Å²) in [5.41, 5.74) is 2.39. The fourth-order valence-corrected chi connectivity index (χ4v) is 2.31. The number of rotatable bonds is 7. The fourth-order valence-electron chi connectivity index (χ4n) is 2.31. The van der Waals surface area contributed by atoms with Gasteiger partial charge in [-0.2, -0.15) is 4.98 Å². The predicted octanol–water partition coefficient (Wildman–Crippen LogP) is 2.61. The third kappa shape index (κ3) is 6.89. The summed E-state index contributed by atoms with van der Waals surface area (Å²) in [6, 6.07) is 6.20. The van der Waals surface area contributed by atoms with Crippen LogP contribution in [-0.2, 0) is 13.0 Å². The van der Waals surface area contributed by atoms with E-state index in [0.29, 0.717) is 18.3 Å². The number of benzene rings is 1. The molecule has 1 aromatic carbocycles. The average molecular weight is 459 g/mol. The standard InChI is InChI=1S/C17H25N5O2.HI/c1-5-18-17(20-11-16-21-13(3)22-24-16)19-9-8-14-10-12(2)6-7-15(14)23-4;/h6-7,10H,5,8-9,11H2,1-4H3,(H2,18,19,20);1H. The van der Waals surface area contributed by atoms with Crippen LogP contribution < -0.4 is 15.4 Å². The van der Waals surface area contributed by atoms with Gasteiger partial charge in [-0.05, 0) is 38.8 Å². The normalized spacial score (nSPS) is 11.0. The maximum atomic E-state index is 5.41. The number of hydrogen-bond acceptors (Lipinski definition) is 5. The zero-order valence-electron chi connectivity index (χ0n) is 15.1. The second-order valence-electron chi connectivity index (χ2n) is 5.42. The van der Waals surface area contributed by atoms with Crippen molar-refractivity contribution < 1.29 is 9.26 Å². The summed E-state index contributed by atoms with van der Waals surface area (Å²) in [5.74, 6) is 2.75. The quantitative estimate of drug-likeness (QED) is 0.376. The molecule has 0 aliphatic heterocycles. The zero-order chi connectivity index (χ0) is 17.4. The van der Waals surface area contributed by atoms with Crippen LogP contribution in [0.15, 0.2) is 27.7 Å². The minimum Gasteiger partial charge on any atom is -0.496 e. The lowest BCUT2D eigenvalue weighted by molar-refractivity contribution is 0.376. The van der Waals surface area contributed by atoms with Crippen molar-refractivity contribution in [3.63, 3.8) is 0 Å². The Morgan fingerprint density at radius 3 is 2.72 bits per heavy atom. The molecule has 7 nitrogen and oxygen atoms in total. The lowest BCUT2D eigenvalue weighted by atomic mass is 10.1. The van der Waals surface area contributed by atoms with Crippen LogP contribution in [0.3, 0.4) is 0 Å². The highest BCUT2D eigenvalue weighted by Gasteiger charge is 2.05. The maximum absolute atomic E-state index is 5.41. The number of aromatic nitrogens is 2. The van der Waals surface area contributed by atoms with Crippen molar-refractivity contribution in [2.75, 3.05) is 20.2 Å². The van der Waals surface area contributed by atoms with Gasteiger partial charge in [0.05, 0.1) is 7.11 Å². The van der Waals surface area contributed by atoms with Crippen LogP contribution in [0.2, 0.25) is 0 Å². The molecule has 2 rings (SSSR count). The summed E-state index contributed by atoms with van der Waals surface area (Å²) >= 11 is 0. The number of guanidine groups is 1. The molecule has 0 fully saturated rings. The van der Waals surface area contributed by atoms with Gasteiger partial charge >= 0.3 is 0 Å². The van der Waals surface area contributed by atoms with Crippen molar-refractivity contribution in [3.8, 4) is 5.75 Å². The third-order valence-corrected chi connectivity index (χ3v) is 3.41. The molecular formula is C17H26IN5O2. The SMILES string of the molecule is CCNC(=NCc1nc(C)no1)NCCc1cc(C)ccc1OC.I. The van der Waals surface area contributed by atoms with Crippen molar-refractivity contribution in [2.45, 2.75) is 33.7 Å². The Hall–Kier alpha value is -1.84. The van der Waals surface area contributed by atoms with E-state index < -0.39 is 0 Å². The molecular weight excluding hydrogens is 433 g/mol. The maximum Gasteiger partial charge on any atom is 0.248 e. The van der Waals surface area contributed by atoms with Gasteiger partial charge in [-0.15, -0.1) is 24.0 Å². The molecule has 1 heterocycles. The first-order valence-electron chi connectivity index (χ1n) is 8.07. The third-order valence-electron chi connectivity index (χ3n) is 3.41. The molecule has 0 unspecified atom stereocenters. The van der Waals surface area contributed by atoms with Gasteiger partial charge in [0, 0.05) is 13.1 Å². The van der Waals surface area contributed by atoms with Crippen LogP contribution in [0.4, 0.5) is 0 Å². The predicted molar refractivity (Wildman–Crippen MR) is 109 cm³/mol. The summed E-state index contributed by atoms with van der Waals surface area (Å²) in [4.78, 5) is 8.60. The monoisotopic (exact) mass is 459 g/mol. The highest BCUT2D eigenvalue weighted by molar-refractivity contribution is 14.0. The second kappa shape index (κ2) is 10.9. The summed E-state index contributed by atoms with van der Waals surface area (Å²) in [7, 11) is 1.69. The van der Waals surface area contributed by atoms with Crippen molar-refractivity contribution in [1.82, 2.24) is 20.8 Å². The van der Waals surface area contributed by atoms with Crippen LogP contribution >= 0.6 is 24.0 Å². The molecule has 138 valence electrons. The van der Waals surface area contributed by atoms with Crippen LogP contribution in [0, 0.1) is 13.8 Å². The van der Waals surface area contributed by atoms with Gasteiger partial charge < -0.3 is 19.9 Å². The van der Waals surface area contributed by atoms with Gasteiger partial charge in [-0.3, -0.25) is 0 Å². The van der Waals surface area contributed by atoms with Gasteiger partial charge in [-0.25, -0.2) is 4.99 Å². The van der Waals surface area contributed by atoms with Crippen LogP contribution in [-0.4, -0.2) is 36.3 Å². The molecule has 0 saturated heterocycles. The molecule has 8 heteroatoms. The molecule has 0 spiro atoms. The van der Waals surface area contributed by atoms with Gasteiger partial charge in [0.15, 0.2) is 11.8 Å². The summed E-state index contributed by atoms with van der Waals surface area (Å²) in [5, 5.41) is 10.3. The topological polar surface area (TPSA) is 84.6 Å². The molecule has 1 aromatic heterocycles. The highest BCUT2D eigenvalue weighted by Crippen LogP contribution is 2.19. The number of nitrogens with zero attached hydrogens (tertiary/aromatic N) is 3. The van der Waals surface area contributed by atoms with Crippen LogP contribution in [0.1, 0.15) is 29.8 Å². The van der Waals surface area contributed by atoms with E-state index in [1.807, 2.05) is 19.1 Å². The molecule has 0 atom stereocenters. The van der Waals surface area contributed by atoms with E-state index in [9.17, 15) is 0 Å². The van der Waals surface area contributed by atoms with Gasteiger partial charge in [-0.1, -0.05) is 22.9 Å². The van der Waals surface area contributed by atoms with Crippen molar-refractivity contribution >= 4 is 29.9 Å². The number of methoxy groups -OCH3 is 1. The lowest BCUT2D eigenvalue weighted by Crippen LogP contribution is -2.38. The number of aliphatic imine (C=N–C) groups is 1. The molecule has 0 aliphatic carbocycles. The Morgan fingerprint density at radius 1 is 1.28 bits per heavy atom. The van der Waals surface area contributed by atoms with E-state index in [1.54, 1.807) is 14.0 Å². The Balaban J connectivity index is 0.00000312. The lowest BCUT2D eigenvalue weighted by Gasteiger charge is -2.13. The number of nitrogens with one attached hydrogen (secondary N) is 2. The Labute approximate surface area is 165 Å². The van der Waals surface area contributed by atoms with Gasteiger partial charge in [0.25, 0.3) is 0 Å². The minimum atomic E-state index is 0. The first kappa shape index (κ1) is 21.2. The number of ether oxygens (including phenoxy) is 1. The van der Waals surface area contributed by atoms with E-state index >= 15 is 0 Å². The second-order valence-corrected chi connectivity index (χ2v) is 5.42. The number of hydrogen-bond donors (Lipinski definition) is 2. The Bertz CT molecular complexity index is 687. The van der Waals surface area contributed by atoms with E-state index in [4.69, 9.17) is 9.26 Å². The number of halogens is 1. The summed E-state index contributed by atoms with van der Waals surface area (Å²) in [6.45, 7) is 7.77. The first-order chi connectivity index (χ1) is 11.6. The van der Waals surface area contributed by atoms with E-state index in [-0.39, 0.29) is 24.0 Å². The van der Waals surface area contributed by atoms with Crippen molar-refractivity contribution in [2.24, 2.45) is 4.99 Å². The van der Waals surface area contributed by atoms with E-state index in [0.717, 1.165) is 31.2 Å². The molecule has 2 aromatic rings. The van der Waals surface area contributed by atoms with Gasteiger partial charge in [0.1, 0.15) is 12.3 Å². The van der Waals surface area contributed by atoms with Crippen molar-refractivity contribution in [3.05, 3.63) is 41.0 Å². The molecule has 0 amide bonds. The Kier molecular flexibility index (Phi) is 9.25. The molecule has 0 saturated carbocycles. The molecule has 2 N–H and O–H groups in total. The average Bonchev–Trinajstić information content (AvgIpc) is 2.98. The largest absolute Gasteiger partial charge is 0.496 e. The highest BCUT2D eigenvalue weighted by atomic mass is 127. The van der Waals surface area contributed by atoms with Crippen LogP contribution in [0.5, 0.6) is 5.75 Å². The zero-order valence-corrected chi connectivity index (χ0v) is 17.5. The van der Waals surface area contributed by atoms with E-state index in [1.165, 1.54) is 11.1 Å². The van der Waals surface area contributed by atoms with Crippen LogP contribution in [0.25, 0.3) is 0 Å². The summed E-state index contributed by atoms with van der Waals surface area (Å²) < 4.78 is 10.5. The smallest absolute Gasteiger partial charge is 0.248 e.